The maximum Gasteiger partial charge on any atom is 0.158 e. The second-order valence-electron chi connectivity index (χ2n) is 3.69. The Labute approximate surface area is 107 Å². The number of ether oxygens (including phenoxy) is 2. The Morgan fingerprint density at radius 2 is 2.06 bits per heavy atom. The van der Waals surface area contributed by atoms with Crippen LogP contribution in [-0.2, 0) is 16.0 Å². The summed E-state index contributed by atoms with van der Waals surface area (Å²) in [4.78, 5) is 4.39. The van der Waals surface area contributed by atoms with Crippen LogP contribution in [-0.4, -0.2) is 31.0 Å². The minimum Gasteiger partial charge on any atom is -0.353 e. The summed E-state index contributed by atoms with van der Waals surface area (Å²) in [5.74, 6) is 0. The van der Waals surface area contributed by atoms with Crippen molar-refractivity contribution in [3.05, 3.63) is 16.1 Å². The van der Waals surface area contributed by atoms with E-state index in [2.05, 4.69) is 15.7 Å². The van der Waals surface area contributed by atoms with Gasteiger partial charge in [-0.25, -0.2) is 4.98 Å². The summed E-state index contributed by atoms with van der Waals surface area (Å²) in [7, 11) is 0. The molecule has 0 saturated heterocycles. The van der Waals surface area contributed by atoms with Gasteiger partial charge in [0.2, 0.25) is 0 Å². The van der Waals surface area contributed by atoms with Gasteiger partial charge < -0.3 is 14.8 Å². The zero-order valence-corrected chi connectivity index (χ0v) is 11.7. The first-order valence-corrected chi connectivity index (χ1v) is 6.99. The summed E-state index contributed by atoms with van der Waals surface area (Å²) in [6, 6.07) is 0. The van der Waals surface area contributed by atoms with E-state index in [9.17, 15) is 0 Å². The Morgan fingerprint density at radius 3 is 2.59 bits per heavy atom. The van der Waals surface area contributed by atoms with Gasteiger partial charge in [-0.15, -0.1) is 11.3 Å². The van der Waals surface area contributed by atoms with Crippen molar-refractivity contribution in [1.29, 1.82) is 0 Å². The van der Waals surface area contributed by atoms with Crippen molar-refractivity contribution >= 4 is 11.3 Å². The molecule has 0 aromatic carbocycles. The maximum absolute atomic E-state index is 5.46. The first kappa shape index (κ1) is 14.6. The first-order valence-electron chi connectivity index (χ1n) is 6.11. The molecule has 0 fully saturated rings. The second kappa shape index (κ2) is 8.58. The zero-order valence-electron chi connectivity index (χ0n) is 10.9. The molecule has 1 N–H and O–H groups in total. The molecule has 17 heavy (non-hydrogen) atoms. The largest absolute Gasteiger partial charge is 0.353 e. The van der Waals surface area contributed by atoms with Gasteiger partial charge in [-0.2, -0.15) is 0 Å². The van der Waals surface area contributed by atoms with Gasteiger partial charge in [-0.3, -0.25) is 0 Å². The lowest BCUT2D eigenvalue weighted by molar-refractivity contribution is -0.138. The molecule has 98 valence electrons. The topological polar surface area (TPSA) is 43.4 Å². The summed E-state index contributed by atoms with van der Waals surface area (Å²) in [5, 5.41) is 6.55. The van der Waals surface area contributed by atoms with E-state index in [0.29, 0.717) is 13.2 Å². The van der Waals surface area contributed by atoms with Crippen molar-refractivity contribution in [2.24, 2.45) is 0 Å². The molecule has 0 aliphatic carbocycles. The van der Waals surface area contributed by atoms with Gasteiger partial charge >= 0.3 is 0 Å². The number of thiazole rings is 1. The number of aryl methyl sites for hydroxylation is 1. The van der Waals surface area contributed by atoms with E-state index in [0.717, 1.165) is 30.2 Å². The van der Waals surface area contributed by atoms with Crippen molar-refractivity contribution in [3.8, 4) is 0 Å². The van der Waals surface area contributed by atoms with Gasteiger partial charge in [0.15, 0.2) is 6.29 Å². The summed E-state index contributed by atoms with van der Waals surface area (Å²) in [5.41, 5.74) is 1.09. The summed E-state index contributed by atoms with van der Waals surface area (Å²) in [6.07, 6.45) is 0.780. The van der Waals surface area contributed by atoms with Crippen LogP contribution in [0.25, 0.3) is 0 Å². The monoisotopic (exact) mass is 258 g/mol. The normalized spacial score (nSPS) is 11.3. The summed E-state index contributed by atoms with van der Waals surface area (Å²) >= 11 is 1.69. The van der Waals surface area contributed by atoms with Gasteiger partial charge in [-0.1, -0.05) is 0 Å². The molecular weight excluding hydrogens is 236 g/mol. The first-order chi connectivity index (χ1) is 8.26. The highest BCUT2D eigenvalue weighted by molar-refractivity contribution is 7.09. The minimum absolute atomic E-state index is 0.0875. The number of nitrogens with zero attached hydrogens (tertiary/aromatic N) is 1. The molecule has 0 aliphatic heterocycles. The quantitative estimate of drug-likeness (QED) is 0.545. The third-order valence-electron chi connectivity index (χ3n) is 2.20. The predicted octanol–water partition coefficient (Wildman–Crippen LogP) is 2.33. The fourth-order valence-electron chi connectivity index (χ4n) is 1.49. The Morgan fingerprint density at radius 1 is 1.35 bits per heavy atom. The van der Waals surface area contributed by atoms with Crippen molar-refractivity contribution in [2.75, 3.05) is 19.8 Å². The number of aromatic nitrogens is 1. The fraction of sp³-hybridized carbons (Fsp3) is 0.750. The molecule has 0 atom stereocenters. The lowest BCUT2D eigenvalue weighted by Crippen LogP contribution is -2.24. The van der Waals surface area contributed by atoms with Crippen molar-refractivity contribution < 1.29 is 9.47 Å². The average Bonchev–Trinajstić information content (AvgIpc) is 2.71. The van der Waals surface area contributed by atoms with Gasteiger partial charge in [0.05, 0.1) is 0 Å². The van der Waals surface area contributed by atoms with Crippen LogP contribution in [0, 0.1) is 6.92 Å². The molecule has 0 unspecified atom stereocenters. The average molecular weight is 258 g/mol. The standard InChI is InChI=1S/C12H22N2O2S/c1-4-15-12(16-5-2)6-7-13-8-11-14-10(3)9-17-11/h9,12-13H,4-8H2,1-3H3. The summed E-state index contributed by atoms with van der Waals surface area (Å²) < 4.78 is 10.9. The maximum atomic E-state index is 5.46. The van der Waals surface area contributed by atoms with E-state index >= 15 is 0 Å². The lowest BCUT2D eigenvalue weighted by atomic mass is 10.4. The number of hydrogen-bond acceptors (Lipinski definition) is 5. The number of hydrogen-bond donors (Lipinski definition) is 1. The SMILES string of the molecule is CCOC(CCNCc1nc(C)cs1)OCC. The van der Waals surface area contributed by atoms with Crippen LogP contribution in [0.4, 0.5) is 0 Å². The molecule has 0 amide bonds. The Balaban J connectivity index is 2.13. The highest BCUT2D eigenvalue weighted by atomic mass is 32.1. The fourth-order valence-corrected chi connectivity index (χ4v) is 2.23. The van der Waals surface area contributed by atoms with Crippen LogP contribution in [0.3, 0.4) is 0 Å². The van der Waals surface area contributed by atoms with Gasteiger partial charge in [0, 0.05) is 43.8 Å². The highest BCUT2D eigenvalue weighted by Gasteiger charge is 2.07. The van der Waals surface area contributed by atoms with Crippen molar-refractivity contribution in [3.63, 3.8) is 0 Å². The van der Waals surface area contributed by atoms with Gasteiger partial charge in [0.1, 0.15) is 5.01 Å². The molecule has 5 heteroatoms. The third-order valence-corrected chi connectivity index (χ3v) is 3.17. The van der Waals surface area contributed by atoms with E-state index in [-0.39, 0.29) is 6.29 Å². The van der Waals surface area contributed by atoms with E-state index in [1.807, 2.05) is 20.8 Å². The Kier molecular flexibility index (Phi) is 7.35. The third kappa shape index (κ3) is 6.12. The Bertz CT molecular complexity index is 298. The minimum atomic E-state index is -0.0875. The van der Waals surface area contributed by atoms with E-state index in [1.54, 1.807) is 11.3 Å². The van der Waals surface area contributed by atoms with Crippen LogP contribution in [0.5, 0.6) is 0 Å². The van der Waals surface area contributed by atoms with Gasteiger partial charge in [0.25, 0.3) is 0 Å². The van der Waals surface area contributed by atoms with E-state index < -0.39 is 0 Å². The molecular formula is C12H22N2O2S. The number of nitrogens with one attached hydrogen (secondary N) is 1. The number of rotatable bonds is 9. The highest BCUT2D eigenvalue weighted by Crippen LogP contribution is 2.08. The second-order valence-corrected chi connectivity index (χ2v) is 4.63. The molecule has 0 bridgehead atoms. The Hall–Kier alpha value is -0.490. The molecule has 4 nitrogen and oxygen atoms in total. The van der Waals surface area contributed by atoms with Crippen molar-refractivity contribution in [1.82, 2.24) is 10.3 Å². The van der Waals surface area contributed by atoms with Crippen LogP contribution >= 0.6 is 11.3 Å². The van der Waals surface area contributed by atoms with E-state index in [1.165, 1.54) is 0 Å². The predicted molar refractivity (Wildman–Crippen MR) is 70.2 cm³/mol. The molecule has 1 aromatic rings. The zero-order chi connectivity index (χ0) is 12.5. The van der Waals surface area contributed by atoms with E-state index in [4.69, 9.17) is 9.47 Å². The van der Waals surface area contributed by atoms with Crippen molar-refractivity contribution in [2.45, 2.75) is 40.0 Å². The lowest BCUT2D eigenvalue weighted by Gasteiger charge is -2.16. The summed E-state index contributed by atoms with van der Waals surface area (Å²) in [6.45, 7) is 9.06. The van der Waals surface area contributed by atoms with Gasteiger partial charge in [-0.05, 0) is 20.8 Å². The molecule has 1 aromatic heterocycles. The van der Waals surface area contributed by atoms with Crippen LogP contribution in [0.2, 0.25) is 0 Å². The molecule has 0 radical (unpaired) electrons. The molecule has 1 rings (SSSR count). The van der Waals surface area contributed by atoms with Crippen LogP contribution in [0.1, 0.15) is 31.0 Å². The smallest absolute Gasteiger partial charge is 0.158 e. The molecule has 0 saturated carbocycles. The molecule has 1 heterocycles. The molecule has 0 spiro atoms. The molecule has 0 aliphatic rings. The van der Waals surface area contributed by atoms with Crippen LogP contribution < -0.4 is 5.32 Å². The van der Waals surface area contributed by atoms with Crippen LogP contribution in [0.15, 0.2) is 5.38 Å².